The standard InChI is InChI=1S/C18H14BrNS/c19-16-8-7-12-5-6-14(9-15(12)10-16)18-20-17(11-21-18)13-3-1-2-4-13/h3,5-11H,1-2,4H2. The molecule has 0 fully saturated rings. The zero-order valence-corrected chi connectivity index (χ0v) is 13.9. The Morgan fingerprint density at radius 1 is 1.05 bits per heavy atom. The van der Waals surface area contributed by atoms with Gasteiger partial charge in [0.05, 0.1) is 5.69 Å². The zero-order valence-electron chi connectivity index (χ0n) is 11.5. The number of rotatable bonds is 2. The normalized spacial score (nSPS) is 14.6. The van der Waals surface area contributed by atoms with E-state index in [9.17, 15) is 0 Å². The van der Waals surface area contributed by atoms with Gasteiger partial charge in [-0.2, -0.15) is 0 Å². The lowest BCUT2D eigenvalue weighted by Gasteiger charge is -2.02. The van der Waals surface area contributed by atoms with E-state index in [1.807, 2.05) is 0 Å². The van der Waals surface area contributed by atoms with Crippen LogP contribution < -0.4 is 0 Å². The van der Waals surface area contributed by atoms with Crippen molar-refractivity contribution in [1.29, 1.82) is 0 Å². The monoisotopic (exact) mass is 355 g/mol. The molecule has 0 saturated carbocycles. The van der Waals surface area contributed by atoms with Crippen molar-refractivity contribution in [1.82, 2.24) is 4.98 Å². The third-order valence-corrected chi connectivity index (χ3v) is 5.31. The van der Waals surface area contributed by atoms with E-state index in [1.54, 1.807) is 11.3 Å². The maximum Gasteiger partial charge on any atom is 0.124 e. The van der Waals surface area contributed by atoms with E-state index in [1.165, 1.54) is 46.9 Å². The fourth-order valence-electron chi connectivity index (χ4n) is 2.81. The molecule has 0 amide bonds. The molecule has 1 nitrogen and oxygen atoms in total. The summed E-state index contributed by atoms with van der Waals surface area (Å²) in [4.78, 5) is 4.83. The second-order valence-corrected chi connectivity index (χ2v) is 7.14. The number of nitrogens with zero attached hydrogens (tertiary/aromatic N) is 1. The van der Waals surface area contributed by atoms with Gasteiger partial charge in [0.1, 0.15) is 5.01 Å². The molecule has 2 aromatic carbocycles. The molecular formula is C18H14BrNS. The highest BCUT2D eigenvalue weighted by molar-refractivity contribution is 9.10. The predicted octanol–water partition coefficient (Wildman–Crippen LogP) is 6.29. The Balaban J connectivity index is 1.75. The average Bonchev–Trinajstić information content (AvgIpc) is 3.17. The van der Waals surface area contributed by atoms with Gasteiger partial charge in [-0.1, -0.05) is 40.2 Å². The van der Waals surface area contributed by atoms with Crippen molar-refractivity contribution in [2.45, 2.75) is 19.3 Å². The van der Waals surface area contributed by atoms with Crippen LogP contribution in [0.4, 0.5) is 0 Å². The molecule has 3 aromatic rings. The number of halogens is 1. The summed E-state index contributed by atoms with van der Waals surface area (Å²) in [6.45, 7) is 0. The van der Waals surface area contributed by atoms with Crippen molar-refractivity contribution < 1.29 is 0 Å². The summed E-state index contributed by atoms with van der Waals surface area (Å²) >= 11 is 5.28. The first-order valence-corrected chi connectivity index (χ1v) is 8.81. The van der Waals surface area contributed by atoms with Crippen LogP contribution in [0.2, 0.25) is 0 Å². The number of thiazole rings is 1. The highest BCUT2D eigenvalue weighted by Gasteiger charge is 2.12. The molecule has 0 spiro atoms. The van der Waals surface area contributed by atoms with Crippen LogP contribution in [0.15, 0.2) is 52.3 Å². The van der Waals surface area contributed by atoms with Crippen LogP contribution >= 0.6 is 27.3 Å². The largest absolute Gasteiger partial charge is 0.236 e. The third kappa shape index (κ3) is 2.56. The quantitative estimate of drug-likeness (QED) is 0.526. The second-order valence-electron chi connectivity index (χ2n) is 5.37. The third-order valence-electron chi connectivity index (χ3n) is 3.92. The molecule has 0 aliphatic heterocycles. The molecule has 1 aliphatic carbocycles. The summed E-state index contributed by atoms with van der Waals surface area (Å²) in [6, 6.07) is 12.9. The lowest BCUT2D eigenvalue weighted by molar-refractivity contribution is 0.933. The minimum atomic E-state index is 1.11. The zero-order chi connectivity index (χ0) is 14.2. The van der Waals surface area contributed by atoms with Crippen LogP contribution in [-0.4, -0.2) is 4.98 Å². The molecule has 0 bridgehead atoms. The van der Waals surface area contributed by atoms with E-state index >= 15 is 0 Å². The Bertz CT molecular complexity index is 847. The minimum Gasteiger partial charge on any atom is -0.236 e. The van der Waals surface area contributed by atoms with Gasteiger partial charge in [-0.05, 0) is 53.8 Å². The molecule has 0 N–H and O–H groups in total. The van der Waals surface area contributed by atoms with Gasteiger partial charge in [-0.3, -0.25) is 0 Å². The second kappa shape index (κ2) is 5.39. The van der Waals surface area contributed by atoms with Gasteiger partial charge in [-0.25, -0.2) is 4.98 Å². The van der Waals surface area contributed by atoms with Crippen molar-refractivity contribution in [2.75, 3.05) is 0 Å². The number of hydrogen-bond donors (Lipinski definition) is 0. The first kappa shape index (κ1) is 13.2. The van der Waals surface area contributed by atoms with Crippen molar-refractivity contribution in [3.05, 3.63) is 58.0 Å². The van der Waals surface area contributed by atoms with Gasteiger partial charge < -0.3 is 0 Å². The molecule has 104 valence electrons. The molecule has 1 aromatic heterocycles. The van der Waals surface area contributed by atoms with E-state index in [4.69, 9.17) is 4.98 Å². The van der Waals surface area contributed by atoms with Crippen molar-refractivity contribution in [2.24, 2.45) is 0 Å². The SMILES string of the molecule is Brc1ccc2ccc(-c3nc(C4=CCCC4)cs3)cc2c1. The summed E-state index contributed by atoms with van der Waals surface area (Å²) in [7, 11) is 0. The topological polar surface area (TPSA) is 12.9 Å². The van der Waals surface area contributed by atoms with Gasteiger partial charge in [-0.15, -0.1) is 11.3 Å². The Kier molecular flexibility index (Phi) is 3.40. The minimum absolute atomic E-state index is 1.11. The number of hydrogen-bond acceptors (Lipinski definition) is 2. The first-order valence-electron chi connectivity index (χ1n) is 7.14. The van der Waals surface area contributed by atoms with E-state index in [0.29, 0.717) is 0 Å². The Labute approximate surface area is 136 Å². The average molecular weight is 356 g/mol. The highest BCUT2D eigenvalue weighted by atomic mass is 79.9. The molecule has 0 unspecified atom stereocenters. The summed E-state index contributed by atoms with van der Waals surface area (Å²) < 4.78 is 1.11. The van der Waals surface area contributed by atoms with Gasteiger partial charge >= 0.3 is 0 Å². The van der Waals surface area contributed by atoms with Crippen molar-refractivity contribution >= 4 is 43.6 Å². The fraction of sp³-hybridized carbons (Fsp3) is 0.167. The molecule has 21 heavy (non-hydrogen) atoms. The molecule has 3 heteroatoms. The van der Waals surface area contributed by atoms with Crippen molar-refractivity contribution in [3.63, 3.8) is 0 Å². The number of aromatic nitrogens is 1. The molecule has 1 heterocycles. The van der Waals surface area contributed by atoms with Crippen LogP contribution in [0.3, 0.4) is 0 Å². The van der Waals surface area contributed by atoms with Crippen LogP contribution in [0.25, 0.3) is 26.9 Å². The Morgan fingerprint density at radius 2 is 1.95 bits per heavy atom. The van der Waals surface area contributed by atoms with Crippen LogP contribution in [0.5, 0.6) is 0 Å². The summed E-state index contributed by atoms with van der Waals surface area (Å²) in [6.07, 6.45) is 5.97. The van der Waals surface area contributed by atoms with Gasteiger partial charge in [0.15, 0.2) is 0 Å². The smallest absolute Gasteiger partial charge is 0.124 e. The Morgan fingerprint density at radius 3 is 2.81 bits per heavy atom. The maximum absolute atomic E-state index is 4.83. The maximum atomic E-state index is 4.83. The van der Waals surface area contributed by atoms with E-state index < -0.39 is 0 Å². The van der Waals surface area contributed by atoms with E-state index in [2.05, 4.69) is 63.8 Å². The Hall–Kier alpha value is -1.45. The summed E-state index contributed by atoms with van der Waals surface area (Å²) in [5.74, 6) is 0. The van der Waals surface area contributed by atoms with E-state index in [-0.39, 0.29) is 0 Å². The van der Waals surface area contributed by atoms with Gasteiger partial charge in [0.2, 0.25) is 0 Å². The lowest BCUT2D eigenvalue weighted by Crippen LogP contribution is -1.82. The molecule has 0 radical (unpaired) electrons. The molecule has 0 saturated heterocycles. The molecular weight excluding hydrogens is 342 g/mol. The van der Waals surface area contributed by atoms with Crippen LogP contribution in [0.1, 0.15) is 25.0 Å². The highest BCUT2D eigenvalue weighted by Crippen LogP contribution is 2.33. The first-order chi connectivity index (χ1) is 10.3. The van der Waals surface area contributed by atoms with Crippen LogP contribution in [-0.2, 0) is 0 Å². The van der Waals surface area contributed by atoms with Crippen LogP contribution in [0, 0.1) is 0 Å². The summed E-state index contributed by atoms with van der Waals surface area (Å²) in [5.41, 5.74) is 3.79. The van der Waals surface area contributed by atoms with Crippen molar-refractivity contribution in [3.8, 4) is 10.6 Å². The van der Waals surface area contributed by atoms with E-state index in [0.717, 1.165) is 9.48 Å². The predicted molar refractivity (Wildman–Crippen MR) is 94.6 cm³/mol. The van der Waals surface area contributed by atoms with Gasteiger partial charge in [0.25, 0.3) is 0 Å². The fourth-order valence-corrected chi connectivity index (χ4v) is 4.03. The number of fused-ring (bicyclic) bond motifs is 1. The number of benzene rings is 2. The molecule has 4 rings (SSSR count). The molecule has 0 atom stereocenters. The van der Waals surface area contributed by atoms with Gasteiger partial charge in [0, 0.05) is 15.4 Å². The lowest BCUT2D eigenvalue weighted by atomic mass is 10.1. The number of allylic oxidation sites excluding steroid dienone is 2. The molecule has 1 aliphatic rings. The summed E-state index contributed by atoms with van der Waals surface area (Å²) in [5, 5.41) is 5.81.